The van der Waals surface area contributed by atoms with Crippen molar-refractivity contribution < 1.29 is 65.9 Å². The van der Waals surface area contributed by atoms with Gasteiger partial charge in [0.25, 0.3) is 0 Å². The maximum absolute atomic E-state index is 12.7. The van der Waals surface area contributed by atoms with Crippen LogP contribution in [0.15, 0.2) is 11.9 Å². The highest BCUT2D eigenvalue weighted by molar-refractivity contribution is 5.19. The van der Waals surface area contributed by atoms with Crippen LogP contribution in [0.1, 0.15) is 0 Å². The van der Waals surface area contributed by atoms with Crippen LogP contribution in [0.25, 0.3) is 0 Å². The van der Waals surface area contributed by atoms with Crippen LogP contribution < -0.4 is 0 Å². The quantitative estimate of drug-likeness (QED) is 0.521. The lowest BCUT2D eigenvalue weighted by Crippen LogP contribution is -2.68. The molecule has 0 heterocycles. The summed E-state index contributed by atoms with van der Waals surface area (Å²) >= 11 is 0. The predicted molar refractivity (Wildman–Crippen MR) is 40.5 cm³/mol. The molecule has 0 aromatic carbocycles. The minimum atomic E-state index is -8.07. The van der Waals surface area contributed by atoms with Gasteiger partial charge in [-0.05, 0) is 0 Å². The van der Waals surface area contributed by atoms with E-state index in [-0.39, 0.29) is 0 Å². The summed E-state index contributed by atoms with van der Waals surface area (Å²) < 4.78 is 184. The van der Waals surface area contributed by atoms with Crippen molar-refractivity contribution in [2.75, 3.05) is 0 Å². The molecule has 23 heavy (non-hydrogen) atoms. The summed E-state index contributed by atoms with van der Waals surface area (Å²) in [5.74, 6) is -43.3. The zero-order chi connectivity index (χ0) is 19.2. The van der Waals surface area contributed by atoms with Crippen LogP contribution >= 0.6 is 0 Å². The minimum absolute atomic E-state index is 4.36. The first-order chi connectivity index (χ1) is 9.80. The molecule has 0 spiro atoms. The first-order valence-electron chi connectivity index (χ1n) is 4.58. The van der Waals surface area contributed by atoms with E-state index in [9.17, 15) is 65.9 Å². The van der Waals surface area contributed by atoms with Crippen LogP contribution in [0, 0.1) is 6.43 Å². The van der Waals surface area contributed by atoms with Crippen LogP contribution in [-0.4, -0.2) is 29.6 Å². The molecule has 0 unspecified atom stereocenters. The van der Waals surface area contributed by atoms with Gasteiger partial charge < -0.3 is 0 Å². The average molecular weight is 381 g/mol. The number of allylic oxidation sites excluding steroid dienone is 1. The molecule has 0 saturated heterocycles. The van der Waals surface area contributed by atoms with E-state index in [1.807, 2.05) is 0 Å². The van der Waals surface area contributed by atoms with Gasteiger partial charge in [-0.15, -0.1) is 0 Å². The van der Waals surface area contributed by atoms with Gasteiger partial charge in [0.05, 0.1) is 0 Å². The third-order valence-corrected chi connectivity index (χ3v) is 2.26. The van der Waals surface area contributed by atoms with Crippen LogP contribution in [0.5, 0.6) is 0 Å². The second kappa shape index (κ2) is 5.65. The zero-order valence-corrected chi connectivity index (χ0v) is 9.67. The van der Waals surface area contributed by atoms with Gasteiger partial charge in [0.2, 0.25) is 5.83 Å². The molecule has 1 radical (unpaired) electrons. The van der Waals surface area contributed by atoms with E-state index in [0.29, 0.717) is 0 Å². The van der Waals surface area contributed by atoms with Gasteiger partial charge in [0, 0.05) is 0 Å². The molecule has 0 aliphatic rings. The topological polar surface area (TPSA) is 0 Å². The molecule has 0 aromatic rings. The molecule has 0 aliphatic heterocycles. The molecular weight excluding hydrogens is 381 g/mol. The highest BCUT2D eigenvalue weighted by Crippen LogP contribution is 2.60. The molecule has 0 N–H and O–H groups in total. The van der Waals surface area contributed by atoms with Crippen LogP contribution in [0.3, 0.4) is 0 Å². The molecule has 0 aromatic heterocycles. The van der Waals surface area contributed by atoms with Gasteiger partial charge in [-0.25, -0.2) is 0 Å². The second-order valence-corrected chi connectivity index (χ2v) is 3.71. The molecule has 15 heteroatoms. The van der Waals surface area contributed by atoms with Gasteiger partial charge in [-0.1, -0.05) is 0 Å². The van der Waals surface area contributed by atoms with Gasteiger partial charge in [0.15, 0.2) is 0 Å². The van der Waals surface area contributed by atoms with Gasteiger partial charge in [-0.3, -0.25) is 0 Å². The molecule has 0 amide bonds. The van der Waals surface area contributed by atoms with Gasteiger partial charge >= 0.3 is 42.1 Å². The number of hydrogen-bond acceptors (Lipinski definition) is 0. The summed E-state index contributed by atoms with van der Waals surface area (Å²) in [5, 5.41) is 0. The van der Waals surface area contributed by atoms with E-state index in [1.54, 1.807) is 0 Å². The van der Waals surface area contributed by atoms with Crippen molar-refractivity contribution in [3.63, 3.8) is 0 Å². The summed E-state index contributed by atoms with van der Waals surface area (Å²) in [4.78, 5) is 0. The van der Waals surface area contributed by atoms with E-state index in [1.165, 1.54) is 0 Å². The van der Waals surface area contributed by atoms with E-state index in [2.05, 4.69) is 0 Å². The molecule has 0 fully saturated rings. The number of alkyl halides is 10. The standard InChI is InChI=1S/C8F15/c9-1(2(10)11)4(14,15)6(18,19)8(22,23)7(20,21)5(16,17)3(12)13. The Hall–Kier alpha value is -1.31. The molecule has 0 atom stereocenters. The summed E-state index contributed by atoms with van der Waals surface area (Å²) in [5.41, 5.74) is 0. The van der Waals surface area contributed by atoms with Crippen molar-refractivity contribution in [3.8, 4) is 0 Å². The van der Waals surface area contributed by atoms with Crippen LogP contribution in [0.4, 0.5) is 65.9 Å². The second-order valence-electron chi connectivity index (χ2n) is 3.71. The van der Waals surface area contributed by atoms with E-state index >= 15 is 0 Å². The number of halogens is 15. The summed E-state index contributed by atoms with van der Waals surface area (Å²) in [7, 11) is 0. The van der Waals surface area contributed by atoms with Crippen LogP contribution in [-0.2, 0) is 0 Å². The Kier molecular flexibility index (Phi) is 5.33. The summed E-state index contributed by atoms with van der Waals surface area (Å²) in [6, 6.07) is 0. The first kappa shape index (κ1) is 21.7. The van der Waals surface area contributed by atoms with Gasteiger partial charge in [-0.2, -0.15) is 65.9 Å². The monoisotopic (exact) mass is 381 g/mol. The SMILES string of the molecule is F[C](F)C(F)(F)C(F)(F)C(F)(F)C(F)(F)C(F)(F)C(F)=C(F)F. The van der Waals surface area contributed by atoms with E-state index in [0.717, 1.165) is 0 Å². The Morgan fingerprint density at radius 1 is 0.435 bits per heavy atom. The van der Waals surface area contributed by atoms with Crippen molar-refractivity contribution in [3.05, 3.63) is 18.3 Å². The Balaban J connectivity index is 6.34. The molecular formula is C8F15. The lowest BCUT2D eigenvalue weighted by Gasteiger charge is -2.38. The minimum Gasteiger partial charge on any atom is -0.199 e. The lowest BCUT2D eigenvalue weighted by atomic mass is 9.94. The van der Waals surface area contributed by atoms with Gasteiger partial charge in [0.1, 0.15) is 0 Å². The predicted octanol–water partition coefficient (Wildman–Crippen LogP) is 5.67. The van der Waals surface area contributed by atoms with Crippen molar-refractivity contribution in [2.45, 2.75) is 29.6 Å². The first-order valence-corrected chi connectivity index (χ1v) is 4.58. The summed E-state index contributed by atoms with van der Waals surface area (Å²) in [6.07, 6.45) is -9.22. The van der Waals surface area contributed by atoms with E-state index < -0.39 is 47.9 Å². The fraction of sp³-hybridized carbons (Fsp3) is 0.625. The van der Waals surface area contributed by atoms with Crippen molar-refractivity contribution in [1.29, 1.82) is 0 Å². The number of rotatable bonds is 6. The normalized spacial score (nSPS) is 15.1. The maximum Gasteiger partial charge on any atom is 0.385 e. The molecule has 0 aliphatic carbocycles. The third kappa shape index (κ3) is 2.81. The average Bonchev–Trinajstić information content (AvgIpc) is 2.36. The lowest BCUT2D eigenvalue weighted by molar-refractivity contribution is -0.400. The molecule has 137 valence electrons. The summed E-state index contributed by atoms with van der Waals surface area (Å²) in [6.45, 7) is 0. The fourth-order valence-electron chi connectivity index (χ4n) is 0.967. The zero-order valence-electron chi connectivity index (χ0n) is 9.67. The van der Waals surface area contributed by atoms with Crippen LogP contribution in [0.2, 0.25) is 0 Å². The molecule has 0 bridgehead atoms. The maximum atomic E-state index is 12.7. The van der Waals surface area contributed by atoms with E-state index in [4.69, 9.17) is 0 Å². The smallest absolute Gasteiger partial charge is 0.199 e. The third-order valence-electron chi connectivity index (χ3n) is 2.26. The Morgan fingerprint density at radius 3 is 1.00 bits per heavy atom. The molecule has 0 rings (SSSR count). The van der Waals surface area contributed by atoms with Crippen molar-refractivity contribution >= 4 is 0 Å². The highest BCUT2D eigenvalue weighted by atomic mass is 19.4. The molecule has 0 saturated carbocycles. The largest absolute Gasteiger partial charge is 0.385 e. The Morgan fingerprint density at radius 2 is 0.739 bits per heavy atom. The van der Waals surface area contributed by atoms with Crippen molar-refractivity contribution in [1.82, 2.24) is 0 Å². The Bertz CT molecular complexity index is 468. The molecule has 0 nitrogen and oxygen atoms in total. The Labute approximate surface area is 115 Å². The number of hydrogen-bond donors (Lipinski definition) is 0. The highest BCUT2D eigenvalue weighted by Gasteiger charge is 2.89. The fourth-order valence-corrected chi connectivity index (χ4v) is 0.967. The van der Waals surface area contributed by atoms with Crippen molar-refractivity contribution in [2.24, 2.45) is 0 Å².